The largest absolute Gasteiger partial charge is 0.385 e. The van der Waals surface area contributed by atoms with Crippen LogP contribution in [-0.4, -0.2) is 30.9 Å². The van der Waals surface area contributed by atoms with Crippen molar-refractivity contribution in [1.82, 2.24) is 0 Å². The predicted octanol–water partition coefficient (Wildman–Crippen LogP) is 3.64. The van der Waals surface area contributed by atoms with Crippen LogP contribution >= 0.6 is 11.8 Å². The van der Waals surface area contributed by atoms with Gasteiger partial charge < -0.3 is 9.64 Å². The number of fused-ring (bicyclic) bond motifs is 1. The average molecular weight is 293 g/mol. The van der Waals surface area contributed by atoms with E-state index in [1.165, 1.54) is 10.5 Å². The van der Waals surface area contributed by atoms with Gasteiger partial charge in [-0.05, 0) is 51.3 Å². The summed E-state index contributed by atoms with van der Waals surface area (Å²) >= 11 is 1.66. The van der Waals surface area contributed by atoms with Crippen LogP contribution in [0, 0.1) is 6.92 Å². The topological polar surface area (TPSA) is 29.5 Å². The molecule has 0 bridgehead atoms. The molecule has 0 fully saturated rings. The number of amides is 1. The summed E-state index contributed by atoms with van der Waals surface area (Å²) in [6.45, 7) is 7.59. The average Bonchev–Trinajstić information content (AvgIpc) is 2.39. The SMILES string of the molecule is COCCCCN1C(=O)C(C)(C)Sc2ccc(C)cc21. The third-order valence-electron chi connectivity index (χ3n) is 3.51. The molecule has 0 radical (unpaired) electrons. The lowest BCUT2D eigenvalue weighted by atomic mass is 10.1. The number of ether oxygens (including phenoxy) is 1. The van der Waals surface area contributed by atoms with Crippen molar-refractivity contribution in [2.45, 2.75) is 43.3 Å². The van der Waals surface area contributed by atoms with Gasteiger partial charge in [0.05, 0.1) is 10.4 Å². The highest BCUT2D eigenvalue weighted by molar-refractivity contribution is 8.01. The lowest BCUT2D eigenvalue weighted by Crippen LogP contribution is -2.47. The number of rotatable bonds is 5. The number of benzene rings is 1. The van der Waals surface area contributed by atoms with Crippen LogP contribution in [0.1, 0.15) is 32.3 Å². The zero-order chi connectivity index (χ0) is 14.8. The third kappa shape index (κ3) is 3.18. The first-order valence-electron chi connectivity index (χ1n) is 7.06. The van der Waals surface area contributed by atoms with Gasteiger partial charge in [0.15, 0.2) is 0 Å². The molecule has 0 atom stereocenters. The van der Waals surface area contributed by atoms with Crippen molar-refractivity contribution in [3.8, 4) is 0 Å². The Hall–Kier alpha value is -1.00. The van der Waals surface area contributed by atoms with Gasteiger partial charge in [0, 0.05) is 25.2 Å². The van der Waals surface area contributed by atoms with Crippen molar-refractivity contribution in [1.29, 1.82) is 0 Å². The molecule has 3 nitrogen and oxygen atoms in total. The normalized spacial score (nSPS) is 17.2. The van der Waals surface area contributed by atoms with Crippen LogP contribution in [0.25, 0.3) is 0 Å². The van der Waals surface area contributed by atoms with Crippen LogP contribution in [0.5, 0.6) is 0 Å². The number of anilines is 1. The third-order valence-corrected chi connectivity index (χ3v) is 4.76. The second-order valence-corrected chi connectivity index (χ2v) is 7.40. The molecule has 1 heterocycles. The Morgan fingerprint density at radius 3 is 2.75 bits per heavy atom. The molecule has 1 amide bonds. The number of hydrogen-bond acceptors (Lipinski definition) is 3. The van der Waals surface area contributed by atoms with Gasteiger partial charge in [0.25, 0.3) is 0 Å². The second-order valence-electron chi connectivity index (χ2n) is 5.74. The minimum absolute atomic E-state index is 0.206. The summed E-state index contributed by atoms with van der Waals surface area (Å²) < 4.78 is 4.69. The monoisotopic (exact) mass is 293 g/mol. The highest BCUT2D eigenvalue weighted by Gasteiger charge is 2.39. The molecule has 4 heteroatoms. The Labute approximate surface area is 125 Å². The van der Waals surface area contributed by atoms with Crippen LogP contribution in [0.15, 0.2) is 23.1 Å². The molecule has 0 N–H and O–H groups in total. The second kappa shape index (κ2) is 6.19. The first kappa shape index (κ1) is 15.4. The summed E-state index contributed by atoms with van der Waals surface area (Å²) in [6.07, 6.45) is 1.95. The van der Waals surface area contributed by atoms with E-state index in [0.29, 0.717) is 0 Å². The lowest BCUT2D eigenvalue weighted by molar-refractivity contribution is -0.120. The van der Waals surface area contributed by atoms with E-state index in [1.807, 2.05) is 18.7 Å². The molecule has 1 aliphatic rings. The Bertz CT molecular complexity index is 499. The maximum Gasteiger partial charge on any atom is 0.243 e. The maximum absolute atomic E-state index is 12.7. The van der Waals surface area contributed by atoms with Crippen LogP contribution in [-0.2, 0) is 9.53 Å². The van der Waals surface area contributed by atoms with Crippen LogP contribution in [0.2, 0.25) is 0 Å². The molecule has 1 aromatic rings. The van der Waals surface area contributed by atoms with E-state index in [2.05, 4.69) is 25.1 Å². The molecule has 110 valence electrons. The highest BCUT2D eigenvalue weighted by atomic mass is 32.2. The highest BCUT2D eigenvalue weighted by Crippen LogP contribution is 2.45. The predicted molar refractivity (Wildman–Crippen MR) is 84.6 cm³/mol. The molecule has 0 spiro atoms. The van der Waals surface area contributed by atoms with E-state index in [-0.39, 0.29) is 10.7 Å². The molecule has 1 aliphatic heterocycles. The summed E-state index contributed by atoms with van der Waals surface area (Å²) in [5.74, 6) is 0.206. The van der Waals surface area contributed by atoms with E-state index in [9.17, 15) is 4.79 Å². The minimum atomic E-state index is -0.385. The number of hydrogen-bond donors (Lipinski definition) is 0. The number of carbonyl (C=O) groups is 1. The Kier molecular flexibility index (Phi) is 4.76. The fraction of sp³-hybridized carbons (Fsp3) is 0.562. The summed E-state index contributed by atoms with van der Waals surface area (Å²) in [7, 11) is 1.71. The number of aryl methyl sites for hydroxylation is 1. The van der Waals surface area contributed by atoms with Crippen molar-refractivity contribution in [2.24, 2.45) is 0 Å². The van der Waals surface area contributed by atoms with E-state index < -0.39 is 0 Å². The summed E-state index contributed by atoms with van der Waals surface area (Å²) in [5, 5.41) is 0. The molecule has 1 aromatic carbocycles. The number of thioether (sulfide) groups is 1. The van der Waals surface area contributed by atoms with Crippen molar-refractivity contribution in [3.05, 3.63) is 23.8 Å². The van der Waals surface area contributed by atoms with Gasteiger partial charge in [-0.3, -0.25) is 4.79 Å². The summed E-state index contributed by atoms with van der Waals surface area (Å²) in [4.78, 5) is 15.8. The van der Waals surface area contributed by atoms with Gasteiger partial charge in [-0.25, -0.2) is 0 Å². The molecular formula is C16H23NO2S. The van der Waals surface area contributed by atoms with Crippen molar-refractivity contribution >= 4 is 23.4 Å². The molecule has 20 heavy (non-hydrogen) atoms. The summed E-state index contributed by atoms with van der Waals surface area (Å²) in [6, 6.07) is 6.36. The van der Waals surface area contributed by atoms with Crippen LogP contribution < -0.4 is 4.90 Å². The van der Waals surface area contributed by atoms with Gasteiger partial charge in [-0.1, -0.05) is 6.07 Å². The summed E-state index contributed by atoms with van der Waals surface area (Å²) in [5.41, 5.74) is 2.26. The first-order chi connectivity index (χ1) is 9.45. The minimum Gasteiger partial charge on any atom is -0.385 e. The zero-order valence-corrected chi connectivity index (χ0v) is 13.5. The Morgan fingerprint density at radius 2 is 2.05 bits per heavy atom. The fourth-order valence-corrected chi connectivity index (χ4v) is 3.57. The smallest absolute Gasteiger partial charge is 0.243 e. The van der Waals surface area contributed by atoms with Gasteiger partial charge >= 0.3 is 0 Å². The van der Waals surface area contributed by atoms with Gasteiger partial charge in [0.2, 0.25) is 5.91 Å². The number of nitrogens with zero attached hydrogens (tertiary/aromatic N) is 1. The fourth-order valence-electron chi connectivity index (χ4n) is 2.42. The van der Waals surface area contributed by atoms with E-state index >= 15 is 0 Å². The van der Waals surface area contributed by atoms with Crippen molar-refractivity contribution in [2.75, 3.05) is 25.2 Å². The molecule has 0 aliphatic carbocycles. The molecule has 0 saturated heterocycles. The number of methoxy groups -OCH3 is 1. The quantitative estimate of drug-likeness (QED) is 0.776. The Morgan fingerprint density at radius 1 is 1.30 bits per heavy atom. The first-order valence-corrected chi connectivity index (χ1v) is 7.88. The Balaban J connectivity index is 2.23. The van der Waals surface area contributed by atoms with Crippen molar-refractivity contribution < 1.29 is 9.53 Å². The zero-order valence-electron chi connectivity index (χ0n) is 12.7. The van der Waals surface area contributed by atoms with E-state index in [4.69, 9.17) is 4.74 Å². The molecule has 0 aromatic heterocycles. The van der Waals surface area contributed by atoms with E-state index in [1.54, 1.807) is 18.9 Å². The number of unbranched alkanes of at least 4 members (excludes halogenated alkanes) is 1. The molecule has 0 saturated carbocycles. The lowest BCUT2D eigenvalue weighted by Gasteiger charge is -2.38. The van der Waals surface area contributed by atoms with Gasteiger partial charge in [0.1, 0.15) is 0 Å². The van der Waals surface area contributed by atoms with Gasteiger partial charge in [-0.2, -0.15) is 0 Å². The van der Waals surface area contributed by atoms with Crippen molar-refractivity contribution in [3.63, 3.8) is 0 Å². The van der Waals surface area contributed by atoms with Crippen LogP contribution in [0.3, 0.4) is 0 Å². The molecular weight excluding hydrogens is 270 g/mol. The van der Waals surface area contributed by atoms with Gasteiger partial charge in [-0.15, -0.1) is 11.8 Å². The standard InChI is InChI=1S/C16H23NO2S/c1-12-7-8-14-13(11-12)17(9-5-6-10-19-4)15(18)16(2,3)20-14/h7-8,11H,5-6,9-10H2,1-4H3. The molecule has 0 unspecified atom stereocenters. The number of carbonyl (C=O) groups excluding carboxylic acids is 1. The van der Waals surface area contributed by atoms with E-state index in [0.717, 1.165) is 31.7 Å². The maximum atomic E-state index is 12.7. The van der Waals surface area contributed by atoms with Crippen LogP contribution in [0.4, 0.5) is 5.69 Å². The molecule has 2 rings (SSSR count).